The molecule has 1 atom stereocenters. The van der Waals surface area contributed by atoms with Crippen molar-refractivity contribution in [2.75, 3.05) is 0 Å². The van der Waals surface area contributed by atoms with E-state index in [4.69, 9.17) is 0 Å². The Kier molecular flexibility index (Phi) is 2.86. The molecule has 6 heteroatoms. The average Bonchev–Trinajstić information content (AvgIpc) is 1.36. The van der Waals surface area contributed by atoms with Gasteiger partial charge >= 0.3 is 0 Å². The Balaban J connectivity index is 3.26. The Morgan fingerprint density at radius 3 is 1.83 bits per heavy atom. The molecule has 0 aliphatic heterocycles. The Morgan fingerprint density at radius 1 is 1.67 bits per heavy atom. The van der Waals surface area contributed by atoms with Crippen LogP contribution in [0.1, 0.15) is 0 Å². The van der Waals surface area contributed by atoms with E-state index >= 15 is 0 Å². The van der Waals surface area contributed by atoms with E-state index in [0.29, 0.717) is 20.8 Å². The molecular weight excluding hydrogens is 134 g/mol. The highest BCUT2D eigenvalue weighted by molar-refractivity contribution is 7.78. The second kappa shape index (κ2) is 2.64. The molecule has 3 nitrogen and oxygen atoms in total. The summed E-state index contributed by atoms with van der Waals surface area (Å²) < 4.78 is 20.8. The van der Waals surface area contributed by atoms with Gasteiger partial charge in [-0.2, -0.15) is 0 Å². The lowest BCUT2D eigenvalue weighted by Crippen LogP contribution is -2.17. The van der Waals surface area contributed by atoms with Gasteiger partial charge in [0.2, 0.25) is 0 Å². The molecule has 6 heavy (non-hydrogen) atoms. The van der Waals surface area contributed by atoms with Gasteiger partial charge in [-0.05, 0) is 0 Å². The topological polar surface area (TPSA) is 43.4 Å². The van der Waals surface area contributed by atoms with E-state index in [1.807, 2.05) is 0 Å². The lowest BCUT2D eigenvalue weighted by atomic mass is 13.8. The van der Waals surface area contributed by atoms with Crippen LogP contribution in [0.5, 0.6) is 0 Å². The van der Waals surface area contributed by atoms with Gasteiger partial charge in [-0.15, -0.1) is 0 Å². The quantitative estimate of drug-likeness (QED) is 0.282. The lowest BCUT2D eigenvalue weighted by molar-refractivity contribution is 0.519. The van der Waals surface area contributed by atoms with Crippen molar-refractivity contribution in [3.63, 3.8) is 0 Å². The van der Waals surface area contributed by atoms with Gasteiger partial charge in [0, 0.05) is 11.3 Å². The van der Waals surface area contributed by atoms with Crippen LogP contribution in [0.15, 0.2) is 0 Å². The minimum atomic E-state index is -1.91. The summed E-state index contributed by atoms with van der Waals surface area (Å²) in [5.74, 6) is 0. The summed E-state index contributed by atoms with van der Waals surface area (Å²) in [6.07, 6.45) is 0. The zero-order valence-electron chi connectivity index (χ0n) is 3.67. The highest BCUT2D eigenvalue weighted by Gasteiger charge is 1.78. The second-order valence-electron chi connectivity index (χ2n) is 1.03. The third-order valence-electron chi connectivity index (χ3n) is 0.298. The van der Waals surface area contributed by atoms with Crippen LogP contribution in [0, 0.1) is 0 Å². The molecular formula is H6NO2SSi2-. The Hall–Kier alpha value is 0.504. The van der Waals surface area contributed by atoms with Crippen LogP contribution in [-0.2, 0) is 11.3 Å². The van der Waals surface area contributed by atoms with Crippen molar-refractivity contribution >= 4 is 32.1 Å². The van der Waals surface area contributed by atoms with Crippen molar-refractivity contribution in [2.45, 2.75) is 0 Å². The van der Waals surface area contributed by atoms with Crippen molar-refractivity contribution < 1.29 is 8.76 Å². The molecule has 0 N–H and O–H groups in total. The van der Waals surface area contributed by atoms with Crippen molar-refractivity contribution in [1.82, 2.24) is 3.64 Å². The number of hydrogen-bond donors (Lipinski definition) is 0. The highest BCUT2D eigenvalue weighted by atomic mass is 32.2. The Bertz CT molecular complexity index is 62.6. The largest absolute Gasteiger partial charge is 0.761 e. The first kappa shape index (κ1) is 6.50. The van der Waals surface area contributed by atoms with Crippen LogP contribution in [0.2, 0.25) is 0 Å². The molecule has 0 amide bonds. The summed E-state index contributed by atoms with van der Waals surface area (Å²) in [7, 11) is 1.27. The lowest BCUT2D eigenvalue weighted by Gasteiger charge is -2.11. The molecule has 0 aromatic rings. The van der Waals surface area contributed by atoms with Crippen LogP contribution in [0.25, 0.3) is 0 Å². The van der Waals surface area contributed by atoms with Crippen molar-refractivity contribution in [1.29, 1.82) is 0 Å². The first-order valence-corrected chi connectivity index (χ1v) is 4.23. The van der Waals surface area contributed by atoms with Gasteiger partial charge in [0.05, 0.1) is 20.8 Å². The molecule has 38 valence electrons. The Labute approximate surface area is 45.1 Å². The molecule has 0 aromatic carbocycles. The van der Waals surface area contributed by atoms with E-state index in [-0.39, 0.29) is 0 Å². The Morgan fingerprint density at radius 2 is 1.83 bits per heavy atom. The third kappa shape index (κ3) is 2.73. The van der Waals surface area contributed by atoms with E-state index in [2.05, 4.69) is 0 Å². The normalized spacial score (nSPS) is 16.3. The molecule has 0 bridgehead atoms. The molecule has 0 spiro atoms. The second-order valence-corrected chi connectivity index (χ2v) is 7.96. The summed E-state index contributed by atoms with van der Waals surface area (Å²) in [5.41, 5.74) is 0. The summed E-state index contributed by atoms with van der Waals surface area (Å²) >= 11 is -1.91. The first-order valence-electron chi connectivity index (χ1n) is 1.41. The van der Waals surface area contributed by atoms with Crippen LogP contribution in [-0.4, -0.2) is 33.2 Å². The maximum Gasteiger partial charge on any atom is 0.0835 e. The zero-order chi connectivity index (χ0) is 5.15. The van der Waals surface area contributed by atoms with Gasteiger partial charge in [0.15, 0.2) is 0 Å². The smallest absolute Gasteiger partial charge is 0.0835 e. The molecule has 0 saturated carbocycles. The minimum absolute atomic E-state index is 0.636. The minimum Gasteiger partial charge on any atom is -0.761 e. The van der Waals surface area contributed by atoms with Crippen molar-refractivity contribution in [2.24, 2.45) is 0 Å². The fourth-order valence-electron chi connectivity index (χ4n) is 0. The predicted molar refractivity (Wildman–Crippen MR) is 30.6 cm³/mol. The highest BCUT2D eigenvalue weighted by Crippen LogP contribution is 1.69. The van der Waals surface area contributed by atoms with Gasteiger partial charge < -0.3 is 4.55 Å². The van der Waals surface area contributed by atoms with Crippen LogP contribution >= 0.6 is 0 Å². The van der Waals surface area contributed by atoms with Gasteiger partial charge in [0.1, 0.15) is 0 Å². The summed E-state index contributed by atoms with van der Waals surface area (Å²) in [6.45, 7) is 0. The summed E-state index contributed by atoms with van der Waals surface area (Å²) in [5, 5.41) is 0. The van der Waals surface area contributed by atoms with E-state index in [1.54, 1.807) is 0 Å². The molecule has 0 radical (unpaired) electrons. The van der Waals surface area contributed by atoms with Crippen LogP contribution in [0.4, 0.5) is 0 Å². The van der Waals surface area contributed by atoms with Crippen LogP contribution < -0.4 is 0 Å². The van der Waals surface area contributed by atoms with Crippen LogP contribution in [0.3, 0.4) is 0 Å². The zero-order valence-corrected chi connectivity index (χ0v) is 8.49. The number of nitrogens with zero attached hydrogens (tertiary/aromatic N) is 1. The molecule has 0 aromatic heterocycles. The van der Waals surface area contributed by atoms with Crippen molar-refractivity contribution in [3.8, 4) is 0 Å². The summed E-state index contributed by atoms with van der Waals surface area (Å²) in [6, 6.07) is 0. The molecule has 0 aliphatic carbocycles. The van der Waals surface area contributed by atoms with E-state index in [9.17, 15) is 8.76 Å². The molecule has 0 aliphatic rings. The molecule has 0 heterocycles. The fraction of sp³-hybridized carbons (Fsp3) is 0. The first-order chi connectivity index (χ1) is 2.64. The van der Waals surface area contributed by atoms with E-state index in [0.717, 1.165) is 0 Å². The molecule has 0 rings (SSSR count). The molecule has 1 unspecified atom stereocenters. The van der Waals surface area contributed by atoms with Gasteiger partial charge in [0.25, 0.3) is 0 Å². The average molecular weight is 140 g/mol. The van der Waals surface area contributed by atoms with Gasteiger partial charge in [-0.3, -0.25) is 7.85 Å². The molecule has 0 fully saturated rings. The van der Waals surface area contributed by atoms with Gasteiger partial charge in [-0.1, -0.05) is 0 Å². The SMILES string of the molecule is O=S([O-])N([SiH3])[SiH3]. The number of hydrogen-bond acceptors (Lipinski definition) is 2. The monoisotopic (exact) mass is 140 g/mol. The standard InChI is InChI=1S/H7NO2SSi2/c2-4(3)1(5)6/h5-6H3,(H,2,3)/p-1. The number of rotatable bonds is 1. The maximum atomic E-state index is 9.69. The maximum absolute atomic E-state index is 9.69. The third-order valence-corrected chi connectivity index (χ3v) is 2.68. The van der Waals surface area contributed by atoms with Gasteiger partial charge in [-0.25, -0.2) is 0 Å². The summed E-state index contributed by atoms with van der Waals surface area (Å²) in [4.78, 5) is 0. The van der Waals surface area contributed by atoms with E-state index in [1.165, 1.54) is 3.64 Å². The predicted octanol–water partition coefficient (Wildman–Crippen LogP) is -3.36. The van der Waals surface area contributed by atoms with Crippen molar-refractivity contribution in [3.05, 3.63) is 0 Å². The van der Waals surface area contributed by atoms with E-state index < -0.39 is 11.3 Å². The fourth-order valence-corrected chi connectivity index (χ4v) is 0. The molecule has 0 saturated heterocycles.